The molecule has 0 aliphatic rings. The largest absolute Gasteiger partial charge is 0.311 e. The molecule has 1 aromatic rings. The van der Waals surface area contributed by atoms with Crippen LogP contribution in [0, 0.1) is 5.92 Å². The van der Waals surface area contributed by atoms with Gasteiger partial charge in [0.05, 0.1) is 0 Å². The standard InChI is InChI=1S/C17H27N/c1-13(2)10-16-6-8-17(9-7-16)11-15(5)12-18-14(3)4/h6-9,11,13-14,18H,10,12H2,1-5H3. The predicted octanol–water partition coefficient (Wildman–Crippen LogP) is 4.29. The highest BCUT2D eigenvalue weighted by Crippen LogP contribution is 2.12. The molecule has 0 atom stereocenters. The van der Waals surface area contributed by atoms with Gasteiger partial charge in [-0.3, -0.25) is 0 Å². The minimum Gasteiger partial charge on any atom is -0.311 e. The van der Waals surface area contributed by atoms with Gasteiger partial charge in [-0.2, -0.15) is 0 Å². The van der Waals surface area contributed by atoms with Gasteiger partial charge in [0.15, 0.2) is 0 Å². The van der Waals surface area contributed by atoms with Gasteiger partial charge in [0.2, 0.25) is 0 Å². The second-order valence-corrected chi connectivity index (χ2v) is 5.87. The zero-order chi connectivity index (χ0) is 13.5. The Morgan fingerprint density at radius 2 is 1.72 bits per heavy atom. The molecule has 0 spiro atoms. The Morgan fingerprint density at radius 1 is 1.11 bits per heavy atom. The van der Waals surface area contributed by atoms with Gasteiger partial charge in [-0.25, -0.2) is 0 Å². The van der Waals surface area contributed by atoms with Crippen molar-refractivity contribution in [1.82, 2.24) is 5.32 Å². The summed E-state index contributed by atoms with van der Waals surface area (Å²) in [5, 5.41) is 3.43. The molecule has 0 saturated heterocycles. The average Bonchev–Trinajstić information content (AvgIpc) is 2.28. The van der Waals surface area contributed by atoms with E-state index in [1.54, 1.807) is 0 Å². The second kappa shape index (κ2) is 7.38. The van der Waals surface area contributed by atoms with Crippen LogP contribution in [0.5, 0.6) is 0 Å². The van der Waals surface area contributed by atoms with Crippen LogP contribution < -0.4 is 5.32 Å². The third-order valence-corrected chi connectivity index (χ3v) is 2.83. The van der Waals surface area contributed by atoms with Gasteiger partial charge in [0, 0.05) is 12.6 Å². The molecular formula is C17H27N. The summed E-state index contributed by atoms with van der Waals surface area (Å²) in [5.74, 6) is 0.725. The van der Waals surface area contributed by atoms with Crippen molar-refractivity contribution in [1.29, 1.82) is 0 Å². The molecule has 100 valence electrons. The molecule has 0 aliphatic carbocycles. The first-order chi connectivity index (χ1) is 8.47. The fraction of sp³-hybridized carbons (Fsp3) is 0.529. The summed E-state index contributed by atoms with van der Waals surface area (Å²) in [6.07, 6.45) is 3.42. The molecule has 1 heteroatoms. The van der Waals surface area contributed by atoms with Gasteiger partial charge in [0.25, 0.3) is 0 Å². The van der Waals surface area contributed by atoms with Crippen molar-refractivity contribution in [2.75, 3.05) is 6.54 Å². The minimum atomic E-state index is 0.543. The number of benzene rings is 1. The van der Waals surface area contributed by atoms with Crippen LogP contribution in [0.15, 0.2) is 29.8 Å². The van der Waals surface area contributed by atoms with Gasteiger partial charge in [-0.15, -0.1) is 0 Å². The van der Waals surface area contributed by atoms with E-state index in [1.807, 2.05) is 0 Å². The molecule has 0 heterocycles. The lowest BCUT2D eigenvalue weighted by atomic mass is 10.0. The van der Waals surface area contributed by atoms with Crippen molar-refractivity contribution in [3.05, 3.63) is 41.0 Å². The summed E-state index contributed by atoms with van der Waals surface area (Å²) in [6, 6.07) is 9.47. The van der Waals surface area contributed by atoms with E-state index in [-0.39, 0.29) is 0 Å². The van der Waals surface area contributed by atoms with Gasteiger partial charge >= 0.3 is 0 Å². The highest BCUT2D eigenvalue weighted by atomic mass is 14.9. The van der Waals surface area contributed by atoms with Crippen LogP contribution in [0.25, 0.3) is 6.08 Å². The van der Waals surface area contributed by atoms with Gasteiger partial charge in [-0.1, -0.05) is 63.6 Å². The summed E-state index contributed by atoms with van der Waals surface area (Å²) < 4.78 is 0. The molecule has 0 fully saturated rings. The quantitative estimate of drug-likeness (QED) is 0.788. The maximum atomic E-state index is 3.43. The molecule has 0 radical (unpaired) electrons. The van der Waals surface area contributed by atoms with Crippen LogP contribution in [0.2, 0.25) is 0 Å². The Labute approximate surface area is 112 Å². The second-order valence-electron chi connectivity index (χ2n) is 5.87. The van der Waals surface area contributed by atoms with E-state index in [1.165, 1.54) is 16.7 Å². The van der Waals surface area contributed by atoms with Crippen LogP contribution in [-0.4, -0.2) is 12.6 Å². The van der Waals surface area contributed by atoms with E-state index < -0.39 is 0 Å². The Bertz CT molecular complexity index is 371. The van der Waals surface area contributed by atoms with Crippen LogP contribution in [0.3, 0.4) is 0 Å². The summed E-state index contributed by atoms with van der Waals surface area (Å²) >= 11 is 0. The van der Waals surface area contributed by atoms with Crippen molar-refractivity contribution in [3.8, 4) is 0 Å². The lowest BCUT2D eigenvalue weighted by Crippen LogP contribution is -2.24. The lowest BCUT2D eigenvalue weighted by molar-refractivity contribution is 0.623. The van der Waals surface area contributed by atoms with Gasteiger partial charge in [-0.05, 0) is 30.4 Å². The van der Waals surface area contributed by atoms with Crippen molar-refractivity contribution >= 4 is 6.08 Å². The number of rotatable bonds is 6. The summed E-state index contributed by atoms with van der Waals surface area (Å²) in [5.41, 5.74) is 4.10. The minimum absolute atomic E-state index is 0.543. The van der Waals surface area contributed by atoms with Crippen molar-refractivity contribution < 1.29 is 0 Å². The maximum Gasteiger partial charge on any atom is 0.0167 e. The zero-order valence-corrected chi connectivity index (χ0v) is 12.5. The fourth-order valence-electron chi connectivity index (χ4n) is 1.92. The number of hydrogen-bond acceptors (Lipinski definition) is 1. The fourth-order valence-corrected chi connectivity index (χ4v) is 1.92. The number of nitrogens with one attached hydrogen (secondary N) is 1. The Hall–Kier alpha value is -1.08. The zero-order valence-electron chi connectivity index (χ0n) is 12.5. The first-order valence-electron chi connectivity index (χ1n) is 6.97. The molecular weight excluding hydrogens is 218 g/mol. The third-order valence-electron chi connectivity index (χ3n) is 2.83. The summed E-state index contributed by atoms with van der Waals surface area (Å²) in [4.78, 5) is 0. The highest BCUT2D eigenvalue weighted by molar-refractivity contribution is 5.53. The van der Waals surface area contributed by atoms with Crippen LogP contribution in [0.4, 0.5) is 0 Å². The monoisotopic (exact) mass is 245 g/mol. The van der Waals surface area contributed by atoms with Crippen LogP contribution in [0.1, 0.15) is 45.7 Å². The first kappa shape index (κ1) is 15.0. The van der Waals surface area contributed by atoms with Crippen LogP contribution >= 0.6 is 0 Å². The van der Waals surface area contributed by atoms with Crippen molar-refractivity contribution in [2.45, 2.75) is 47.1 Å². The smallest absolute Gasteiger partial charge is 0.0167 e. The molecule has 0 bridgehead atoms. The first-order valence-corrected chi connectivity index (χ1v) is 6.97. The molecule has 0 unspecified atom stereocenters. The topological polar surface area (TPSA) is 12.0 Å². The Morgan fingerprint density at radius 3 is 2.22 bits per heavy atom. The Kier molecular flexibility index (Phi) is 6.14. The van der Waals surface area contributed by atoms with Crippen LogP contribution in [-0.2, 0) is 6.42 Å². The molecule has 1 N–H and O–H groups in total. The van der Waals surface area contributed by atoms with Gasteiger partial charge < -0.3 is 5.32 Å². The number of hydrogen-bond donors (Lipinski definition) is 1. The summed E-state index contributed by atoms with van der Waals surface area (Å²) in [6.45, 7) is 12.0. The Balaban J connectivity index is 2.59. The maximum absolute atomic E-state index is 3.43. The van der Waals surface area contributed by atoms with E-state index in [0.717, 1.165) is 18.9 Å². The molecule has 1 nitrogen and oxygen atoms in total. The SMILES string of the molecule is CC(=Cc1ccc(CC(C)C)cc1)CNC(C)C. The van der Waals surface area contributed by atoms with E-state index >= 15 is 0 Å². The van der Waals surface area contributed by atoms with Gasteiger partial charge in [0.1, 0.15) is 0 Å². The molecule has 0 aliphatic heterocycles. The van der Waals surface area contributed by atoms with Crippen molar-refractivity contribution in [3.63, 3.8) is 0 Å². The molecule has 1 rings (SSSR count). The molecule has 0 aromatic heterocycles. The molecule has 0 saturated carbocycles. The lowest BCUT2D eigenvalue weighted by Gasteiger charge is -2.08. The van der Waals surface area contributed by atoms with E-state index in [4.69, 9.17) is 0 Å². The average molecular weight is 245 g/mol. The molecule has 18 heavy (non-hydrogen) atoms. The normalized spacial score (nSPS) is 12.5. The van der Waals surface area contributed by atoms with E-state index in [9.17, 15) is 0 Å². The highest BCUT2D eigenvalue weighted by Gasteiger charge is 1.98. The van der Waals surface area contributed by atoms with Crippen molar-refractivity contribution in [2.24, 2.45) is 5.92 Å². The molecule has 1 aromatic carbocycles. The van der Waals surface area contributed by atoms with E-state index in [0.29, 0.717) is 6.04 Å². The predicted molar refractivity (Wildman–Crippen MR) is 81.8 cm³/mol. The van der Waals surface area contributed by atoms with E-state index in [2.05, 4.69) is 70.3 Å². The summed E-state index contributed by atoms with van der Waals surface area (Å²) in [7, 11) is 0. The molecule has 0 amide bonds. The third kappa shape index (κ3) is 6.02.